The van der Waals surface area contributed by atoms with E-state index in [4.69, 9.17) is 23.2 Å². The van der Waals surface area contributed by atoms with Crippen LogP contribution in [0.5, 0.6) is 0 Å². The van der Waals surface area contributed by atoms with Gasteiger partial charge in [-0.05, 0) is 24.6 Å². The number of amides is 2. The predicted octanol–water partition coefficient (Wildman–Crippen LogP) is 3.53. The molecule has 3 rings (SSSR count). The zero-order chi connectivity index (χ0) is 15.9. The first-order valence-electron chi connectivity index (χ1n) is 6.70. The maximum absolute atomic E-state index is 12.6. The summed E-state index contributed by atoms with van der Waals surface area (Å²) in [6.07, 6.45) is 0.493. The van der Waals surface area contributed by atoms with E-state index < -0.39 is 6.04 Å². The molecule has 1 aromatic carbocycles. The van der Waals surface area contributed by atoms with Crippen LogP contribution in [0.3, 0.4) is 0 Å². The van der Waals surface area contributed by atoms with E-state index >= 15 is 0 Å². The van der Waals surface area contributed by atoms with Crippen LogP contribution < -0.4 is 0 Å². The summed E-state index contributed by atoms with van der Waals surface area (Å²) in [5.74, 6) is -0.673. The average Bonchev–Trinajstić information content (AvgIpc) is 2.77. The van der Waals surface area contributed by atoms with Gasteiger partial charge in [-0.2, -0.15) is 0 Å². The standard InChI is InChI=1S/C15H11Cl2N3O2/c1-2-11(10-7-12(16)18-19-13(10)17)20-14(21)8-5-3-4-6-9(8)15(20)22/h3-7,11H,2H2,1H3. The van der Waals surface area contributed by atoms with Crippen molar-refractivity contribution in [2.24, 2.45) is 0 Å². The lowest BCUT2D eigenvalue weighted by molar-refractivity contribution is 0.0577. The molecule has 0 saturated carbocycles. The van der Waals surface area contributed by atoms with Crippen LogP contribution in [0.2, 0.25) is 10.3 Å². The van der Waals surface area contributed by atoms with E-state index in [0.717, 1.165) is 0 Å². The van der Waals surface area contributed by atoms with Crippen molar-refractivity contribution in [3.63, 3.8) is 0 Å². The number of halogens is 2. The van der Waals surface area contributed by atoms with Gasteiger partial charge in [0, 0.05) is 5.56 Å². The van der Waals surface area contributed by atoms with Crippen LogP contribution in [0, 0.1) is 0 Å². The maximum atomic E-state index is 12.6. The fraction of sp³-hybridized carbons (Fsp3) is 0.200. The van der Waals surface area contributed by atoms with E-state index in [1.807, 2.05) is 6.92 Å². The number of carbonyl (C=O) groups is 2. The first-order valence-corrected chi connectivity index (χ1v) is 7.45. The summed E-state index contributed by atoms with van der Waals surface area (Å²) in [6.45, 7) is 1.86. The molecule has 1 aliphatic heterocycles. The Labute approximate surface area is 136 Å². The zero-order valence-electron chi connectivity index (χ0n) is 11.6. The molecule has 2 amide bonds. The quantitative estimate of drug-likeness (QED) is 0.805. The highest BCUT2D eigenvalue weighted by Crippen LogP contribution is 2.35. The fourth-order valence-corrected chi connectivity index (χ4v) is 3.01. The summed E-state index contributed by atoms with van der Waals surface area (Å²) >= 11 is 11.9. The summed E-state index contributed by atoms with van der Waals surface area (Å²) in [7, 11) is 0. The molecule has 1 unspecified atom stereocenters. The van der Waals surface area contributed by atoms with Gasteiger partial charge in [0.25, 0.3) is 11.8 Å². The van der Waals surface area contributed by atoms with E-state index in [-0.39, 0.29) is 22.1 Å². The number of nitrogens with zero attached hydrogens (tertiary/aromatic N) is 3. The zero-order valence-corrected chi connectivity index (χ0v) is 13.1. The lowest BCUT2D eigenvalue weighted by Gasteiger charge is -2.25. The second kappa shape index (κ2) is 5.66. The Morgan fingerprint density at radius 3 is 2.23 bits per heavy atom. The van der Waals surface area contributed by atoms with Gasteiger partial charge in [-0.3, -0.25) is 14.5 Å². The van der Waals surface area contributed by atoms with Gasteiger partial charge in [0.1, 0.15) is 0 Å². The molecule has 0 spiro atoms. The Kier molecular flexibility index (Phi) is 3.85. The van der Waals surface area contributed by atoms with Crippen LogP contribution in [0.4, 0.5) is 0 Å². The topological polar surface area (TPSA) is 63.2 Å². The van der Waals surface area contributed by atoms with Gasteiger partial charge in [-0.1, -0.05) is 42.3 Å². The Bertz CT molecular complexity index is 744. The molecular formula is C15H11Cl2N3O2. The second-order valence-electron chi connectivity index (χ2n) is 4.86. The summed E-state index contributed by atoms with van der Waals surface area (Å²) < 4.78 is 0. The minimum atomic E-state index is -0.534. The molecule has 0 saturated heterocycles. The van der Waals surface area contributed by atoms with Gasteiger partial charge < -0.3 is 0 Å². The number of hydrogen-bond acceptors (Lipinski definition) is 4. The molecule has 0 N–H and O–H groups in total. The van der Waals surface area contributed by atoms with Gasteiger partial charge in [0.05, 0.1) is 17.2 Å². The van der Waals surface area contributed by atoms with Crippen molar-refractivity contribution in [3.05, 3.63) is 57.3 Å². The maximum Gasteiger partial charge on any atom is 0.262 e. The molecule has 112 valence electrons. The predicted molar refractivity (Wildman–Crippen MR) is 82.0 cm³/mol. The molecule has 22 heavy (non-hydrogen) atoms. The van der Waals surface area contributed by atoms with Gasteiger partial charge in [-0.15, -0.1) is 10.2 Å². The lowest BCUT2D eigenvalue weighted by Crippen LogP contribution is -2.34. The van der Waals surface area contributed by atoms with Crippen molar-refractivity contribution in [1.29, 1.82) is 0 Å². The van der Waals surface area contributed by atoms with Crippen molar-refractivity contribution in [1.82, 2.24) is 15.1 Å². The van der Waals surface area contributed by atoms with Crippen molar-refractivity contribution in [2.75, 3.05) is 0 Å². The van der Waals surface area contributed by atoms with Crippen LogP contribution in [0.1, 0.15) is 45.7 Å². The normalized spacial score (nSPS) is 15.1. The molecule has 1 atom stereocenters. The molecule has 7 heteroatoms. The number of carbonyl (C=O) groups excluding carboxylic acids is 2. The first kappa shape index (κ1) is 14.9. The highest BCUT2D eigenvalue weighted by atomic mass is 35.5. The molecule has 0 bridgehead atoms. The third-order valence-electron chi connectivity index (χ3n) is 3.63. The summed E-state index contributed by atoms with van der Waals surface area (Å²) in [5, 5.41) is 7.70. The number of rotatable bonds is 3. The fourth-order valence-electron chi connectivity index (χ4n) is 2.63. The third-order valence-corrected chi connectivity index (χ3v) is 4.11. The summed E-state index contributed by atoms with van der Waals surface area (Å²) in [4.78, 5) is 26.4. The van der Waals surface area contributed by atoms with Crippen molar-refractivity contribution < 1.29 is 9.59 Å². The molecule has 2 heterocycles. The molecule has 0 aliphatic carbocycles. The number of aromatic nitrogens is 2. The highest BCUT2D eigenvalue weighted by molar-refractivity contribution is 6.32. The van der Waals surface area contributed by atoms with E-state index in [1.165, 1.54) is 11.0 Å². The average molecular weight is 336 g/mol. The van der Waals surface area contributed by atoms with Gasteiger partial charge in [0.2, 0.25) is 0 Å². The van der Waals surface area contributed by atoms with Crippen molar-refractivity contribution >= 4 is 35.0 Å². The van der Waals surface area contributed by atoms with Crippen LogP contribution in [-0.4, -0.2) is 26.9 Å². The minimum Gasteiger partial charge on any atom is -0.269 e. The number of imide groups is 1. The van der Waals surface area contributed by atoms with Gasteiger partial charge in [-0.25, -0.2) is 0 Å². The van der Waals surface area contributed by atoms with E-state index in [0.29, 0.717) is 23.1 Å². The number of benzene rings is 1. The monoisotopic (exact) mass is 335 g/mol. The Morgan fingerprint density at radius 2 is 1.68 bits per heavy atom. The Hall–Kier alpha value is -1.98. The first-order chi connectivity index (χ1) is 10.5. The van der Waals surface area contributed by atoms with Crippen LogP contribution in [0.25, 0.3) is 0 Å². The van der Waals surface area contributed by atoms with Crippen molar-refractivity contribution in [3.8, 4) is 0 Å². The lowest BCUT2D eigenvalue weighted by atomic mass is 10.1. The molecule has 0 fully saturated rings. The van der Waals surface area contributed by atoms with E-state index in [9.17, 15) is 9.59 Å². The number of fused-ring (bicyclic) bond motifs is 1. The highest BCUT2D eigenvalue weighted by Gasteiger charge is 2.40. The molecule has 2 aromatic rings. The third kappa shape index (κ3) is 2.26. The summed E-state index contributed by atoms with van der Waals surface area (Å²) in [5.41, 5.74) is 1.31. The Balaban J connectivity index is 2.08. The van der Waals surface area contributed by atoms with Gasteiger partial charge >= 0.3 is 0 Å². The second-order valence-corrected chi connectivity index (χ2v) is 5.61. The molecule has 1 aromatic heterocycles. The smallest absolute Gasteiger partial charge is 0.262 e. The summed E-state index contributed by atoms with van der Waals surface area (Å²) in [6, 6.07) is 7.74. The molecular weight excluding hydrogens is 325 g/mol. The minimum absolute atomic E-state index is 0.132. The molecule has 0 radical (unpaired) electrons. The molecule has 5 nitrogen and oxygen atoms in total. The van der Waals surface area contributed by atoms with E-state index in [2.05, 4.69) is 10.2 Å². The SMILES string of the molecule is CCC(c1cc(Cl)nnc1Cl)N1C(=O)c2ccccc2C1=O. The van der Waals surface area contributed by atoms with E-state index in [1.54, 1.807) is 24.3 Å². The molecule has 1 aliphatic rings. The number of hydrogen-bond donors (Lipinski definition) is 0. The van der Waals surface area contributed by atoms with Gasteiger partial charge in [0.15, 0.2) is 10.3 Å². The van der Waals surface area contributed by atoms with Crippen LogP contribution in [-0.2, 0) is 0 Å². The van der Waals surface area contributed by atoms with Crippen molar-refractivity contribution in [2.45, 2.75) is 19.4 Å². The largest absolute Gasteiger partial charge is 0.269 e. The van der Waals surface area contributed by atoms with Crippen LogP contribution >= 0.6 is 23.2 Å². The Morgan fingerprint density at radius 1 is 1.09 bits per heavy atom. The van der Waals surface area contributed by atoms with Crippen LogP contribution in [0.15, 0.2) is 30.3 Å².